The van der Waals surface area contributed by atoms with Crippen LogP contribution in [0.25, 0.3) is 0 Å². The van der Waals surface area contributed by atoms with Crippen LogP contribution in [-0.2, 0) is 9.47 Å². The zero-order valence-electron chi connectivity index (χ0n) is 16.6. The lowest BCUT2D eigenvalue weighted by Crippen LogP contribution is -2.22. The molecule has 7 nitrogen and oxygen atoms in total. The fourth-order valence-electron chi connectivity index (χ4n) is 2.50. The van der Waals surface area contributed by atoms with Crippen LogP contribution in [0.3, 0.4) is 0 Å². The molecule has 0 aliphatic rings. The highest BCUT2D eigenvalue weighted by Gasteiger charge is 2.17. The third-order valence-corrected chi connectivity index (χ3v) is 3.91. The Morgan fingerprint density at radius 3 is 2.21 bits per heavy atom. The molecule has 2 aromatic rings. The Labute approximate surface area is 175 Å². The lowest BCUT2D eigenvalue weighted by Gasteiger charge is -2.16. The third kappa shape index (κ3) is 6.18. The van der Waals surface area contributed by atoms with Gasteiger partial charge in [0.1, 0.15) is 5.75 Å². The van der Waals surface area contributed by atoms with Gasteiger partial charge in [0, 0.05) is 0 Å². The molecule has 0 aromatic heterocycles. The van der Waals surface area contributed by atoms with Gasteiger partial charge in [-0.05, 0) is 63.3 Å². The molecule has 0 aliphatic heterocycles. The number of anilines is 2. The Kier molecular flexibility index (Phi) is 8.42. The lowest BCUT2D eigenvalue weighted by molar-refractivity contribution is 0.0512. The summed E-state index contributed by atoms with van der Waals surface area (Å²) >= 11 is 5.39. The first kappa shape index (κ1) is 22.2. The molecule has 0 unspecified atom stereocenters. The van der Waals surface area contributed by atoms with Crippen molar-refractivity contribution < 1.29 is 23.8 Å². The molecular formula is C21H24N2O5S. The van der Waals surface area contributed by atoms with Gasteiger partial charge >= 0.3 is 11.9 Å². The first-order valence-corrected chi connectivity index (χ1v) is 9.69. The summed E-state index contributed by atoms with van der Waals surface area (Å²) in [7, 11) is 0. The van der Waals surface area contributed by atoms with E-state index in [0.29, 0.717) is 29.3 Å². The molecule has 29 heavy (non-hydrogen) atoms. The standard InChI is InChI=1S/C21H24N2O5S/c1-4-26-18-10-8-7-9-16(18)22-21(29)23-17-13-14(19(24)27-5-2)11-12-15(17)20(25)28-6-3/h7-13H,4-6H2,1-3H3,(H2,22,23,29). The second kappa shape index (κ2) is 11.0. The molecule has 0 saturated carbocycles. The van der Waals surface area contributed by atoms with Crippen molar-refractivity contribution in [2.24, 2.45) is 0 Å². The Morgan fingerprint density at radius 2 is 1.52 bits per heavy atom. The van der Waals surface area contributed by atoms with E-state index in [9.17, 15) is 9.59 Å². The van der Waals surface area contributed by atoms with Crippen LogP contribution in [0.4, 0.5) is 11.4 Å². The predicted molar refractivity (Wildman–Crippen MR) is 116 cm³/mol. The number of ether oxygens (including phenoxy) is 3. The van der Waals surface area contributed by atoms with Crippen LogP contribution in [-0.4, -0.2) is 36.9 Å². The van der Waals surface area contributed by atoms with Gasteiger partial charge in [-0.3, -0.25) is 0 Å². The molecule has 2 rings (SSSR count). The summed E-state index contributed by atoms with van der Waals surface area (Å²) < 4.78 is 15.7. The quantitative estimate of drug-likeness (QED) is 0.488. The van der Waals surface area contributed by atoms with E-state index in [1.54, 1.807) is 13.8 Å². The monoisotopic (exact) mass is 416 g/mol. The number of carbonyl (C=O) groups excluding carboxylic acids is 2. The summed E-state index contributed by atoms with van der Waals surface area (Å²) in [6.07, 6.45) is 0. The molecule has 0 aliphatic carbocycles. The SMILES string of the molecule is CCOC(=O)c1ccc(C(=O)OCC)c(NC(=S)Nc2ccccc2OCC)c1. The number of carbonyl (C=O) groups is 2. The molecule has 8 heteroatoms. The van der Waals surface area contributed by atoms with E-state index >= 15 is 0 Å². The average molecular weight is 416 g/mol. The Balaban J connectivity index is 2.28. The van der Waals surface area contributed by atoms with Gasteiger partial charge in [-0.1, -0.05) is 12.1 Å². The average Bonchev–Trinajstić information content (AvgIpc) is 2.70. The van der Waals surface area contributed by atoms with E-state index in [0.717, 1.165) is 0 Å². The fourth-order valence-corrected chi connectivity index (χ4v) is 2.72. The highest BCUT2D eigenvalue weighted by atomic mass is 32.1. The molecule has 0 spiro atoms. The van der Waals surface area contributed by atoms with E-state index in [1.165, 1.54) is 18.2 Å². The van der Waals surface area contributed by atoms with Gasteiger partial charge in [0.15, 0.2) is 5.11 Å². The van der Waals surface area contributed by atoms with Crippen LogP contribution < -0.4 is 15.4 Å². The Bertz CT molecular complexity index is 885. The van der Waals surface area contributed by atoms with Crippen molar-refractivity contribution in [3.63, 3.8) is 0 Å². The number of hydrogen-bond donors (Lipinski definition) is 2. The molecule has 2 aromatic carbocycles. The van der Waals surface area contributed by atoms with E-state index in [4.69, 9.17) is 26.4 Å². The number of benzene rings is 2. The summed E-state index contributed by atoms with van der Waals surface area (Å²) in [6, 6.07) is 11.9. The minimum absolute atomic E-state index is 0.225. The van der Waals surface area contributed by atoms with Crippen molar-refractivity contribution in [3.05, 3.63) is 53.6 Å². The first-order chi connectivity index (χ1) is 14.0. The summed E-state index contributed by atoms with van der Waals surface area (Å²) in [4.78, 5) is 24.4. The maximum Gasteiger partial charge on any atom is 0.340 e. The molecule has 0 atom stereocenters. The molecule has 0 amide bonds. The maximum atomic E-state index is 12.3. The van der Waals surface area contributed by atoms with E-state index in [2.05, 4.69) is 10.6 Å². The molecule has 0 fully saturated rings. The Hall–Kier alpha value is -3.13. The van der Waals surface area contributed by atoms with E-state index < -0.39 is 11.9 Å². The second-order valence-electron chi connectivity index (χ2n) is 5.71. The van der Waals surface area contributed by atoms with Gasteiger partial charge in [-0.25, -0.2) is 9.59 Å². The van der Waals surface area contributed by atoms with Crippen molar-refractivity contribution in [3.8, 4) is 5.75 Å². The molecule has 2 N–H and O–H groups in total. The number of nitrogens with one attached hydrogen (secondary N) is 2. The highest BCUT2D eigenvalue weighted by Crippen LogP contribution is 2.25. The van der Waals surface area contributed by atoms with Gasteiger partial charge in [-0.15, -0.1) is 0 Å². The summed E-state index contributed by atoms with van der Waals surface area (Å²) in [6.45, 7) is 6.30. The zero-order valence-corrected chi connectivity index (χ0v) is 17.4. The minimum Gasteiger partial charge on any atom is -0.492 e. The number of hydrogen-bond acceptors (Lipinski definition) is 6. The van der Waals surface area contributed by atoms with Crippen molar-refractivity contribution in [1.82, 2.24) is 0 Å². The van der Waals surface area contributed by atoms with E-state index in [1.807, 2.05) is 31.2 Å². The number of thiocarbonyl (C=S) groups is 1. The van der Waals surface area contributed by atoms with Crippen LogP contribution in [0.5, 0.6) is 5.75 Å². The van der Waals surface area contributed by atoms with Crippen LogP contribution >= 0.6 is 12.2 Å². The molecule has 0 bridgehead atoms. The maximum absolute atomic E-state index is 12.3. The summed E-state index contributed by atoms with van der Waals surface area (Å²) in [5, 5.41) is 6.23. The molecule has 154 valence electrons. The van der Waals surface area contributed by atoms with Crippen molar-refractivity contribution in [1.29, 1.82) is 0 Å². The molecule has 0 radical (unpaired) electrons. The lowest BCUT2D eigenvalue weighted by atomic mass is 10.1. The van der Waals surface area contributed by atoms with Crippen LogP contribution in [0, 0.1) is 0 Å². The van der Waals surface area contributed by atoms with Gasteiger partial charge in [0.2, 0.25) is 0 Å². The van der Waals surface area contributed by atoms with Crippen molar-refractivity contribution in [2.75, 3.05) is 30.5 Å². The predicted octanol–water partition coefficient (Wildman–Crippen LogP) is 4.25. The highest BCUT2D eigenvalue weighted by molar-refractivity contribution is 7.80. The molecular weight excluding hydrogens is 392 g/mol. The van der Waals surface area contributed by atoms with Crippen LogP contribution in [0.15, 0.2) is 42.5 Å². The Morgan fingerprint density at radius 1 is 0.862 bits per heavy atom. The smallest absolute Gasteiger partial charge is 0.340 e. The summed E-state index contributed by atoms with van der Waals surface area (Å²) in [5.74, 6) is -0.375. The number of rotatable bonds is 8. The second-order valence-corrected chi connectivity index (χ2v) is 6.12. The van der Waals surface area contributed by atoms with Crippen LogP contribution in [0.2, 0.25) is 0 Å². The fraction of sp³-hybridized carbons (Fsp3) is 0.286. The molecule has 0 heterocycles. The van der Waals surface area contributed by atoms with Gasteiger partial charge in [0.25, 0.3) is 0 Å². The third-order valence-electron chi connectivity index (χ3n) is 3.71. The van der Waals surface area contributed by atoms with Crippen molar-refractivity contribution in [2.45, 2.75) is 20.8 Å². The topological polar surface area (TPSA) is 85.9 Å². The van der Waals surface area contributed by atoms with Gasteiger partial charge < -0.3 is 24.8 Å². The van der Waals surface area contributed by atoms with Gasteiger partial charge in [0.05, 0.1) is 42.3 Å². The number of esters is 2. The van der Waals surface area contributed by atoms with Crippen LogP contribution in [0.1, 0.15) is 41.5 Å². The number of para-hydroxylation sites is 2. The summed E-state index contributed by atoms with van der Waals surface area (Å²) in [5.41, 5.74) is 1.55. The van der Waals surface area contributed by atoms with E-state index in [-0.39, 0.29) is 23.9 Å². The first-order valence-electron chi connectivity index (χ1n) is 9.28. The zero-order chi connectivity index (χ0) is 21.2. The van der Waals surface area contributed by atoms with Crippen molar-refractivity contribution >= 4 is 40.6 Å². The normalized spacial score (nSPS) is 10.0. The minimum atomic E-state index is -0.525. The largest absolute Gasteiger partial charge is 0.492 e. The molecule has 0 saturated heterocycles. The van der Waals surface area contributed by atoms with Gasteiger partial charge in [-0.2, -0.15) is 0 Å².